The molecule has 29 heavy (non-hydrogen) atoms. The van der Waals surface area contributed by atoms with Crippen molar-refractivity contribution in [3.63, 3.8) is 0 Å². The van der Waals surface area contributed by atoms with Gasteiger partial charge in [0.25, 0.3) is 0 Å². The van der Waals surface area contributed by atoms with Gasteiger partial charge in [0.15, 0.2) is 0 Å². The molecule has 1 aliphatic rings. The van der Waals surface area contributed by atoms with Crippen molar-refractivity contribution >= 4 is 22.7 Å². The van der Waals surface area contributed by atoms with Crippen LogP contribution in [0.25, 0.3) is 27.9 Å². The van der Waals surface area contributed by atoms with Crippen LogP contribution in [0.3, 0.4) is 0 Å². The molecule has 7 heteroatoms. The molecule has 3 aromatic rings. The summed E-state index contributed by atoms with van der Waals surface area (Å²) in [6.45, 7) is 6.83. The van der Waals surface area contributed by atoms with Gasteiger partial charge >= 0.3 is 6.09 Å². The van der Waals surface area contributed by atoms with Crippen molar-refractivity contribution in [2.45, 2.75) is 32.8 Å². The summed E-state index contributed by atoms with van der Waals surface area (Å²) >= 11 is 0. The quantitative estimate of drug-likeness (QED) is 0.659. The fourth-order valence-electron chi connectivity index (χ4n) is 3.33. The van der Waals surface area contributed by atoms with Crippen molar-refractivity contribution < 1.29 is 9.53 Å². The summed E-state index contributed by atoms with van der Waals surface area (Å²) < 4.78 is 7.22. The fourth-order valence-corrected chi connectivity index (χ4v) is 3.33. The van der Waals surface area contributed by atoms with Crippen LogP contribution in [0.15, 0.2) is 42.9 Å². The number of hydrogen-bond donors (Lipinski definition) is 0. The molecule has 0 spiro atoms. The summed E-state index contributed by atoms with van der Waals surface area (Å²) in [5.41, 5.74) is 5.28. The second kappa shape index (κ2) is 7.31. The van der Waals surface area contributed by atoms with Crippen LogP contribution in [0.5, 0.6) is 0 Å². The first-order chi connectivity index (χ1) is 13.8. The largest absolute Gasteiger partial charge is 0.444 e. The Hall–Kier alpha value is -3.22. The Bertz CT molecular complexity index is 1090. The van der Waals surface area contributed by atoms with E-state index in [0.29, 0.717) is 13.1 Å². The van der Waals surface area contributed by atoms with Crippen LogP contribution < -0.4 is 0 Å². The van der Waals surface area contributed by atoms with E-state index in [1.54, 1.807) is 22.0 Å². The molecule has 0 saturated carbocycles. The van der Waals surface area contributed by atoms with Gasteiger partial charge in [-0.1, -0.05) is 12.1 Å². The van der Waals surface area contributed by atoms with E-state index >= 15 is 0 Å². The van der Waals surface area contributed by atoms with Crippen LogP contribution in [-0.4, -0.2) is 49.4 Å². The first-order valence-electron chi connectivity index (χ1n) is 9.72. The fraction of sp³-hybridized carbons (Fsp3) is 0.364. The number of hydrogen-bond acceptors (Lipinski definition) is 5. The standard InChI is InChI=1S/C22H25N5O2/c1-22(2,3)29-21(28)27-9-7-15(8-10-27)16-5-6-18-19(11-16)25-20(13-23-18)17-12-24-26(4)14-17/h5-7,11-14H,8-10H2,1-4H3. The van der Waals surface area contributed by atoms with Crippen LogP contribution in [0.4, 0.5) is 4.79 Å². The van der Waals surface area contributed by atoms with Crippen molar-refractivity contribution in [2.24, 2.45) is 7.05 Å². The molecular weight excluding hydrogens is 366 g/mol. The Morgan fingerprint density at radius 2 is 1.97 bits per heavy atom. The van der Waals surface area contributed by atoms with Gasteiger partial charge < -0.3 is 9.64 Å². The van der Waals surface area contributed by atoms with E-state index in [1.165, 1.54) is 5.57 Å². The first kappa shape index (κ1) is 19.1. The monoisotopic (exact) mass is 391 g/mol. The highest BCUT2D eigenvalue weighted by molar-refractivity contribution is 5.82. The average Bonchev–Trinajstić information content (AvgIpc) is 3.12. The zero-order valence-corrected chi connectivity index (χ0v) is 17.2. The predicted octanol–water partition coefficient (Wildman–Crippen LogP) is 4.05. The van der Waals surface area contributed by atoms with E-state index in [4.69, 9.17) is 9.72 Å². The topological polar surface area (TPSA) is 73.1 Å². The third kappa shape index (κ3) is 4.29. The maximum Gasteiger partial charge on any atom is 0.410 e. The molecule has 0 atom stereocenters. The van der Waals surface area contributed by atoms with Crippen LogP contribution in [0.2, 0.25) is 0 Å². The number of nitrogens with zero attached hydrogens (tertiary/aromatic N) is 5. The van der Waals surface area contributed by atoms with Gasteiger partial charge in [-0.15, -0.1) is 0 Å². The second-order valence-corrected chi connectivity index (χ2v) is 8.27. The number of benzene rings is 1. The molecule has 0 unspecified atom stereocenters. The number of carbonyl (C=O) groups is 1. The highest BCUT2D eigenvalue weighted by Crippen LogP contribution is 2.26. The van der Waals surface area contributed by atoms with Crippen molar-refractivity contribution in [3.05, 3.63) is 48.4 Å². The highest BCUT2D eigenvalue weighted by atomic mass is 16.6. The maximum absolute atomic E-state index is 12.3. The Morgan fingerprint density at radius 3 is 2.62 bits per heavy atom. The van der Waals surface area contributed by atoms with Gasteiger partial charge in [0.1, 0.15) is 5.60 Å². The van der Waals surface area contributed by atoms with Crippen molar-refractivity contribution in [1.29, 1.82) is 0 Å². The summed E-state index contributed by atoms with van der Waals surface area (Å²) in [7, 11) is 1.88. The molecule has 0 aliphatic carbocycles. The number of rotatable bonds is 2. The van der Waals surface area contributed by atoms with Gasteiger partial charge in [0, 0.05) is 31.9 Å². The summed E-state index contributed by atoms with van der Waals surface area (Å²) in [5, 5.41) is 4.20. The molecule has 1 aromatic carbocycles. The minimum atomic E-state index is -0.482. The van der Waals surface area contributed by atoms with E-state index in [0.717, 1.165) is 34.3 Å². The van der Waals surface area contributed by atoms with E-state index in [2.05, 4.69) is 28.3 Å². The minimum Gasteiger partial charge on any atom is -0.444 e. The zero-order valence-electron chi connectivity index (χ0n) is 17.2. The molecule has 2 aromatic heterocycles. The van der Waals surface area contributed by atoms with Crippen LogP contribution in [-0.2, 0) is 11.8 Å². The molecule has 1 amide bonds. The van der Waals surface area contributed by atoms with E-state index < -0.39 is 5.60 Å². The van der Waals surface area contributed by atoms with Gasteiger partial charge in [0.05, 0.1) is 29.1 Å². The smallest absolute Gasteiger partial charge is 0.410 e. The van der Waals surface area contributed by atoms with E-state index in [9.17, 15) is 4.79 Å². The lowest BCUT2D eigenvalue weighted by molar-refractivity contribution is 0.0270. The van der Waals surface area contributed by atoms with Crippen molar-refractivity contribution in [1.82, 2.24) is 24.6 Å². The molecule has 3 heterocycles. The van der Waals surface area contributed by atoms with Crippen LogP contribution >= 0.6 is 0 Å². The predicted molar refractivity (Wildman–Crippen MR) is 112 cm³/mol. The lowest BCUT2D eigenvalue weighted by Gasteiger charge is -2.29. The molecule has 150 valence electrons. The summed E-state index contributed by atoms with van der Waals surface area (Å²) in [5.74, 6) is 0. The molecule has 7 nitrogen and oxygen atoms in total. The number of amides is 1. The van der Waals surface area contributed by atoms with Crippen molar-refractivity contribution in [2.75, 3.05) is 13.1 Å². The number of aromatic nitrogens is 4. The molecular formula is C22H25N5O2. The normalized spacial score (nSPS) is 14.8. The lowest BCUT2D eigenvalue weighted by Crippen LogP contribution is -2.39. The third-order valence-corrected chi connectivity index (χ3v) is 4.77. The molecule has 0 bridgehead atoms. The Kier molecular flexibility index (Phi) is 4.82. The summed E-state index contributed by atoms with van der Waals surface area (Å²) in [6.07, 6.45) is 8.09. The molecule has 4 rings (SSSR count). The lowest BCUT2D eigenvalue weighted by atomic mass is 9.99. The van der Waals surface area contributed by atoms with Gasteiger partial charge in [-0.05, 0) is 50.5 Å². The molecule has 0 saturated heterocycles. The van der Waals surface area contributed by atoms with Gasteiger partial charge in [-0.2, -0.15) is 5.10 Å². The first-order valence-corrected chi connectivity index (χ1v) is 9.72. The van der Waals surface area contributed by atoms with Gasteiger partial charge in [-0.3, -0.25) is 9.67 Å². The number of aryl methyl sites for hydroxylation is 1. The van der Waals surface area contributed by atoms with Crippen LogP contribution in [0, 0.1) is 0 Å². The number of carbonyl (C=O) groups excluding carboxylic acids is 1. The van der Waals surface area contributed by atoms with Gasteiger partial charge in [-0.25, -0.2) is 9.78 Å². The average molecular weight is 391 g/mol. The summed E-state index contributed by atoms with van der Waals surface area (Å²) in [4.78, 5) is 23.3. The summed E-state index contributed by atoms with van der Waals surface area (Å²) in [6, 6.07) is 6.12. The molecule has 1 aliphatic heterocycles. The number of ether oxygens (including phenoxy) is 1. The molecule has 0 N–H and O–H groups in total. The molecule has 0 fully saturated rings. The maximum atomic E-state index is 12.3. The SMILES string of the molecule is Cn1cc(-c2cnc3ccc(C4=CCN(C(=O)OC(C)(C)C)CC4)cc3n2)cn1. The zero-order chi connectivity index (χ0) is 20.6. The second-order valence-electron chi connectivity index (χ2n) is 8.27. The Balaban J connectivity index is 1.56. The molecule has 0 radical (unpaired) electrons. The minimum absolute atomic E-state index is 0.265. The van der Waals surface area contributed by atoms with E-state index in [1.807, 2.05) is 40.1 Å². The third-order valence-electron chi connectivity index (χ3n) is 4.77. The Labute approximate surface area is 170 Å². The number of fused-ring (bicyclic) bond motifs is 1. The van der Waals surface area contributed by atoms with Crippen molar-refractivity contribution in [3.8, 4) is 11.3 Å². The van der Waals surface area contributed by atoms with Crippen LogP contribution in [0.1, 0.15) is 32.8 Å². The van der Waals surface area contributed by atoms with Gasteiger partial charge in [0.2, 0.25) is 0 Å². The van der Waals surface area contributed by atoms with E-state index in [-0.39, 0.29) is 6.09 Å². The highest BCUT2D eigenvalue weighted by Gasteiger charge is 2.24. The Morgan fingerprint density at radius 1 is 1.14 bits per heavy atom.